The van der Waals surface area contributed by atoms with Gasteiger partial charge in [-0.15, -0.1) is 0 Å². The predicted octanol–water partition coefficient (Wildman–Crippen LogP) is 3.37. The van der Waals surface area contributed by atoms with Gasteiger partial charge in [-0.25, -0.2) is 4.79 Å². The third kappa shape index (κ3) is 10.1. The molecule has 6 N–H and O–H groups in total. The molecule has 4 aromatic rings. The van der Waals surface area contributed by atoms with E-state index in [0.29, 0.717) is 16.7 Å². The number of aromatic nitrogens is 1. The Morgan fingerprint density at radius 1 is 0.783 bits per heavy atom. The minimum Gasteiger partial charge on any atom is -0.459 e. The van der Waals surface area contributed by atoms with E-state index in [1.807, 2.05) is 0 Å². The molecular weight excluding hydrogens is 829 g/mol. The monoisotopic (exact) mass is 869 g/mol. The van der Waals surface area contributed by atoms with E-state index in [-0.39, 0.29) is 40.2 Å². The standard InChI is InChI=1S/C41H41Cl2N3O14/c1-20(47)45-28-16-24(8-10-26(28)43)38(53)54-18-29-36(60-41-34(51)32(49)35-30(58-41)19-56-39(59-35)23-11-13-44-14-12-23)31(48)33(50)40(57-29)55-17-21-7-9-25(42)27(15-21)46-37(52)22-5-3-2-4-6-22/h2-16,29-36,39-41,48-51H,17-19H2,1H3,(H,45,47)(H,46,52)/t29-,30-,31-,32-,33-,34-,35-,36-,39?,40-,41-/m1/s1. The number of fused-ring (bicyclic) bond motifs is 1. The van der Waals surface area contributed by atoms with Gasteiger partial charge in [-0.2, -0.15) is 0 Å². The zero-order chi connectivity index (χ0) is 42.5. The van der Waals surface area contributed by atoms with Crippen LogP contribution in [0, 0.1) is 0 Å². The van der Waals surface area contributed by atoms with E-state index in [1.54, 1.807) is 73.1 Å². The van der Waals surface area contributed by atoms with Crippen LogP contribution in [0.15, 0.2) is 91.3 Å². The number of pyridine rings is 1. The molecule has 60 heavy (non-hydrogen) atoms. The highest BCUT2D eigenvalue weighted by Gasteiger charge is 2.53. The van der Waals surface area contributed by atoms with E-state index in [9.17, 15) is 34.8 Å². The number of carbonyl (C=O) groups excluding carboxylic acids is 3. The molecule has 4 heterocycles. The van der Waals surface area contributed by atoms with Crippen molar-refractivity contribution in [2.24, 2.45) is 0 Å². The number of aliphatic hydroxyl groups excluding tert-OH is 4. The Morgan fingerprint density at radius 2 is 1.48 bits per heavy atom. The van der Waals surface area contributed by atoms with Crippen molar-refractivity contribution in [1.82, 2.24) is 4.98 Å². The van der Waals surface area contributed by atoms with E-state index in [2.05, 4.69) is 15.6 Å². The van der Waals surface area contributed by atoms with Crippen LogP contribution < -0.4 is 10.6 Å². The number of nitrogens with one attached hydrogen (secondary N) is 2. The summed E-state index contributed by atoms with van der Waals surface area (Å²) < 4.78 is 41.4. The third-order valence-electron chi connectivity index (χ3n) is 9.86. The predicted molar refractivity (Wildman–Crippen MR) is 211 cm³/mol. The van der Waals surface area contributed by atoms with Gasteiger partial charge in [-0.3, -0.25) is 14.6 Å². The van der Waals surface area contributed by atoms with E-state index >= 15 is 0 Å². The maximum absolute atomic E-state index is 13.3. The van der Waals surface area contributed by atoms with Gasteiger partial charge in [0.25, 0.3) is 5.91 Å². The number of anilines is 2. The van der Waals surface area contributed by atoms with Crippen molar-refractivity contribution in [1.29, 1.82) is 0 Å². The van der Waals surface area contributed by atoms with Crippen LogP contribution in [0.25, 0.3) is 0 Å². The molecule has 17 nitrogen and oxygen atoms in total. The second-order valence-corrected chi connectivity index (χ2v) is 14.9. The zero-order valence-electron chi connectivity index (χ0n) is 31.7. The fourth-order valence-corrected chi connectivity index (χ4v) is 7.11. The van der Waals surface area contributed by atoms with Gasteiger partial charge in [0.15, 0.2) is 18.9 Å². The Hall–Kier alpha value is -4.60. The van der Waals surface area contributed by atoms with Crippen molar-refractivity contribution < 1.29 is 68.0 Å². The highest BCUT2D eigenvalue weighted by molar-refractivity contribution is 6.34. The van der Waals surface area contributed by atoms with E-state index in [1.165, 1.54) is 25.1 Å². The van der Waals surface area contributed by atoms with Crippen LogP contribution in [0.1, 0.15) is 45.1 Å². The molecule has 3 aliphatic rings. The summed E-state index contributed by atoms with van der Waals surface area (Å²) in [6.07, 6.45) is -12.7. The molecule has 19 heteroatoms. The lowest BCUT2D eigenvalue weighted by molar-refractivity contribution is -0.386. The summed E-state index contributed by atoms with van der Waals surface area (Å²) in [5.41, 5.74) is 1.99. The molecule has 0 saturated carbocycles. The first kappa shape index (κ1) is 43.5. The lowest BCUT2D eigenvalue weighted by Gasteiger charge is -2.48. The van der Waals surface area contributed by atoms with Crippen LogP contribution in [0.4, 0.5) is 11.4 Å². The molecule has 0 bridgehead atoms. The van der Waals surface area contributed by atoms with Gasteiger partial charge in [0.1, 0.15) is 55.4 Å². The van der Waals surface area contributed by atoms with Crippen molar-refractivity contribution in [2.75, 3.05) is 23.8 Å². The van der Waals surface area contributed by atoms with Crippen LogP contribution in [0.5, 0.6) is 0 Å². The summed E-state index contributed by atoms with van der Waals surface area (Å²) >= 11 is 12.5. The Balaban J connectivity index is 1.06. The fourth-order valence-electron chi connectivity index (χ4n) is 6.78. The van der Waals surface area contributed by atoms with Crippen molar-refractivity contribution in [3.63, 3.8) is 0 Å². The summed E-state index contributed by atoms with van der Waals surface area (Å²) in [6.45, 7) is 0.387. The average molecular weight is 871 g/mol. The number of rotatable bonds is 12. The van der Waals surface area contributed by atoms with Crippen molar-refractivity contribution >= 4 is 52.4 Å². The summed E-state index contributed by atoms with van der Waals surface area (Å²) in [7, 11) is 0. The Labute approximate surface area is 353 Å². The van der Waals surface area contributed by atoms with Crippen LogP contribution in [0.3, 0.4) is 0 Å². The number of hydrogen-bond acceptors (Lipinski definition) is 15. The number of benzene rings is 3. The second-order valence-electron chi connectivity index (χ2n) is 14.1. The Kier molecular flexibility index (Phi) is 14.1. The van der Waals surface area contributed by atoms with Crippen molar-refractivity contribution in [3.05, 3.63) is 124 Å². The van der Waals surface area contributed by atoms with Gasteiger partial charge < -0.3 is 64.2 Å². The lowest BCUT2D eigenvalue weighted by Crippen LogP contribution is -2.66. The van der Waals surface area contributed by atoms with E-state index in [4.69, 9.17) is 56.4 Å². The number of ether oxygens (including phenoxy) is 7. The molecule has 1 aromatic heterocycles. The number of halogens is 2. The molecule has 3 fully saturated rings. The molecule has 318 valence electrons. The molecule has 0 aliphatic carbocycles. The first-order chi connectivity index (χ1) is 28.9. The summed E-state index contributed by atoms with van der Waals surface area (Å²) in [5, 5.41) is 50.9. The first-order valence-corrected chi connectivity index (χ1v) is 19.5. The molecule has 2 amide bonds. The average Bonchev–Trinajstić information content (AvgIpc) is 3.25. The zero-order valence-corrected chi connectivity index (χ0v) is 33.2. The maximum Gasteiger partial charge on any atom is 0.338 e. The largest absolute Gasteiger partial charge is 0.459 e. The number of hydrogen-bond donors (Lipinski definition) is 6. The maximum atomic E-state index is 13.3. The number of esters is 1. The van der Waals surface area contributed by atoms with Gasteiger partial charge in [0.05, 0.1) is 40.2 Å². The summed E-state index contributed by atoms with van der Waals surface area (Å²) in [4.78, 5) is 41.8. The van der Waals surface area contributed by atoms with Crippen molar-refractivity contribution in [2.45, 2.75) is 81.2 Å². The van der Waals surface area contributed by atoms with Gasteiger partial charge in [0.2, 0.25) is 5.91 Å². The smallest absolute Gasteiger partial charge is 0.338 e. The second kappa shape index (κ2) is 19.4. The SMILES string of the molecule is CC(=O)Nc1cc(C(=O)OC[C@H]2O[C@@H](OCc3ccc(Cl)c(NC(=O)c4ccccc4)c3)[C@H](O)[C@@H](O)[C@@H]2O[C@H]2O[C@@H]3COC(c4ccncc4)O[C@H]3[C@H](O)[C@H]2O)ccc1Cl. The number of amides is 2. The van der Waals surface area contributed by atoms with E-state index < -0.39 is 92.1 Å². The topological polar surface area (TPSA) is 234 Å². The molecular formula is C41H41Cl2N3O14. The van der Waals surface area contributed by atoms with Crippen LogP contribution >= 0.6 is 23.2 Å². The summed E-state index contributed by atoms with van der Waals surface area (Å²) in [5.74, 6) is -1.70. The highest BCUT2D eigenvalue weighted by atomic mass is 35.5. The highest BCUT2D eigenvalue weighted by Crippen LogP contribution is 2.36. The molecule has 1 unspecified atom stereocenters. The lowest BCUT2D eigenvalue weighted by atomic mass is 9.96. The minimum atomic E-state index is -1.80. The normalized spacial score (nSPS) is 28.9. The van der Waals surface area contributed by atoms with Gasteiger partial charge in [-0.1, -0.05) is 47.5 Å². The molecule has 0 spiro atoms. The van der Waals surface area contributed by atoms with Gasteiger partial charge in [0, 0.05) is 30.4 Å². The first-order valence-electron chi connectivity index (χ1n) is 18.7. The molecule has 0 radical (unpaired) electrons. The van der Waals surface area contributed by atoms with Crippen LogP contribution in [-0.2, 0) is 44.6 Å². The van der Waals surface area contributed by atoms with Gasteiger partial charge >= 0.3 is 5.97 Å². The molecule has 3 aliphatic heterocycles. The number of carbonyl (C=O) groups is 3. The van der Waals surface area contributed by atoms with Crippen LogP contribution in [0.2, 0.25) is 10.0 Å². The molecule has 3 aromatic carbocycles. The van der Waals surface area contributed by atoms with Crippen molar-refractivity contribution in [3.8, 4) is 0 Å². The summed E-state index contributed by atoms with van der Waals surface area (Å²) in [6, 6.07) is 20.7. The van der Waals surface area contributed by atoms with Crippen LogP contribution in [-0.4, -0.2) is 118 Å². The minimum absolute atomic E-state index is 0.00489. The van der Waals surface area contributed by atoms with E-state index in [0.717, 1.165) is 0 Å². The molecule has 7 rings (SSSR count). The Morgan fingerprint density at radius 3 is 2.22 bits per heavy atom. The Bertz CT molecular complexity index is 2140. The third-order valence-corrected chi connectivity index (χ3v) is 10.5. The quantitative estimate of drug-likeness (QED) is 0.112. The molecule has 3 saturated heterocycles. The number of nitrogens with zero attached hydrogens (tertiary/aromatic N) is 1. The fraction of sp³-hybridized carbons (Fsp3) is 0.366. The van der Waals surface area contributed by atoms with Gasteiger partial charge in [-0.05, 0) is 60.2 Å². The molecule has 11 atom stereocenters. The number of aliphatic hydroxyl groups is 4.